The van der Waals surface area contributed by atoms with E-state index in [0.29, 0.717) is 23.0 Å². The SMILES string of the molecule is COc1cccc(C2CC(c3c(F)cccc3Cl)n3ncnc3N2)c1. The first-order valence-electron chi connectivity index (χ1n) is 7.91. The zero-order valence-electron chi connectivity index (χ0n) is 13.5. The highest BCUT2D eigenvalue weighted by Gasteiger charge is 2.32. The summed E-state index contributed by atoms with van der Waals surface area (Å²) in [6.45, 7) is 0. The molecule has 128 valence electrons. The predicted molar refractivity (Wildman–Crippen MR) is 93.5 cm³/mol. The van der Waals surface area contributed by atoms with Gasteiger partial charge in [-0.15, -0.1) is 0 Å². The van der Waals surface area contributed by atoms with E-state index in [1.165, 1.54) is 12.4 Å². The number of halogens is 2. The average molecular weight is 359 g/mol. The molecule has 0 saturated carbocycles. The Morgan fingerprint density at radius 1 is 1.28 bits per heavy atom. The molecule has 0 spiro atoms. The van der Waals surface area contributed by atoms with Crippen LogP contribution in [-0.4, -0.2) is 21.9 Å². The molecule has 0 bridgehead atoms. The summed E-state index contributed by atoms with van der Waals surface area (Å²) in [6, 6.07) is 12.1. The van der Waals surface area contributed by atoms with E-state index in [9.17, 15) is 4.39 Å². The summed E-state index contributed by atoms with van der Waals surface area (Å²) in [5.74, 6) is 1.01. The second-order valence-electron chi connectivity index (χ2n) is 5.89. The molecular weight excluding hydrogens is 343 g/mol. The zero-order chi connectivity index (χ0) is 17.4. The molecule has 0 radical (unpaired) electrons. The zero-order valence-corrected chi connectivity index (χ0v) is 14.2. The van der Waals surface area contributed by atoms with Gasteiger partial charge in [0, 0.05) is 10.6 Å². The lowest BCUT2D eigenvalue weighted by atomic mass is 9.93. The van der Waals surface area contributed by atoms with Gasteiger partial charge in [-0.05, 0) is 36.2 Å². The maximum atomic E-state index is 14.5. The van der Waals surface area contributed by atoms with E-state index in [1.807, 2.05) is 24.3 Å². The van der Waals surface area contributed by atoms with Crippen molar-refractivity contribution in [2.24, 2.45) is 0 Å². The molecule has 1 aromatic heterocycles. The molecule has 0 amide bonds. The number of fused-ring (bicyclic) bond motifs is 1. The van der Waals surface area contributed by atoms with Crippen LogP contribution < -0.4 is 10.1 Å². The first kappa shape index (κ1) is 15.9. The van der Waals surface area contributed by atoms with Crippen molar-refractivity contribution in [2.45, 2.75) is 18.5 Å². The number of hydrogen-bond acceptors (Lipinski definition) is 4. The van der Waals surface area contributed by atoms with Crippen LogP contribution in [0.5, 0.6) is 5.75 Å². The molecule has 0 fully saturated rings. The van der Waals surface area contributed by atoms with Gasteiger partial charge in [-0.2, -0.15) is 10.1 Å². The van der Waals surface area contributed by atoms with Gasteiger partial charge < -0.3 is 10.1 Å². The van der Waals surface area contributed by atoms with Gasteiger partial charge in [0.25, 0.3) is 0 Å². The molecule has 3 aromatic rings. The predicted octanol–water partition coefficient (Wildman–Crippen LogP) is 4.23. The smallest absolute Gasteiger partial charge is 0.222 e. The molecule has 2 aromatic carbocycles. The highest BCUT2D eigenvalue weighted by Crippen LogP contribution is 2.40. The minimum atomic E-state index is -0.344. The lowest BCUT2D eigenvalue weighted by molar-refractivity contribution is 0.406. The van der Waals surface area contributed by atoms with Crippen molar-refractivity contribution in [3.8, 4) is 5.75 Å². The van der Waals surface area contributed by atoms with Crippen molar-refractivity contribution in [3.63, 3.8) is 0 Å². The largest absolute Gasteiger partial charge is 0.497 e. The Hall–Kier alpha value is -2.60. The maximum absolute atomic E-state index is 14.5. The molecule has 25 heavy (non-hydrogen) atoms. The lowest BCUT2D eigenvalue weighted by Crippen LogP contribution is -2.28. The maximum Gasteiger partial charge on any atom is 0.222 e. The monoisotopic (exact) mass is 358 g/mol. The summed E-state index contributed by atoms with van der Waals surface area (Å²) in [5, 5.41) is 7.99. The Balaban J connectivity index is 1.78. The number of rotatable bonds is 3. The van der Waals surface area contributed by atoms with Crippen LogP contribution >= 0.6 is 11.6 Å². The van der Waals surface area contributed by atoms with Crippen LogP contribution in [0.1, 0.15) is 29.6 Å². The fraction of sp³-hybridized carbons (Fsp3) is 0.222. The summed E-state index contributed by atoms with van der Waals surface area (Å²) in [7, 11) is 1.63. The Morgan fingerprint density at radius 2 is 2.12 bits per heavy atom. The number of anilines is 1. The molecule has 4 rings (SSSR count). The highest BCUT2D eigenvalue weighted by atomic mass is 35.5. The van der Waals surface area contributed by atoms with Crippen LogP contribution in [0.25, 0.3) is 0 Å². The number of methoxy groups -OCH3 is 1. The first-order valence-corrected chi connectivity index (χ1v) is 8.29. The van der Waals surface area contributed by atoms with E-state index in [-0.39, 0.29) is 17.9 Å². The molecule has 0 saturated heterocycles. The van der Waals surface area contributed by atoms with Crippen LogP contribution in [-0.2, 0) is 0 Å². The number of aromatic nitrogens is 3. The summed E-state index contributed by atoms with van der Waals surface area (Å²) in [4.78, 5) is 4.25. The van der Waals surface area contributed by atoms with E-state index < -0.39 is 0 Å². The van der Waals surface area contributed by atoms with Crippen LogP contribution in [0.2, 0.25) is 5.02 Å². The van der Waals surface area contributed by atoms with Gasteiger partial charge in [-0.25, -0.2) is 9.07 Å². The van der Waals surface area contributed by atoms with Crippen LogP contribution in [0, 0.1) is 5.82 Å². The summed E-state index contributed by atoms with van der Waals surface area (Å²) in [5.41, 5.74) is 1.47. The Morgan fingerprint density at radius 3 is 2.92 bits per heavy atom. The molecule has 5 nitrogen and oxygen atoms in total. The molecule has 2 unspecified atom stereocenters. The normalized spacial score (nSPS) is 19.2. The van der Waals surface area contributed by atoms with Crippen molar-refractivity contribution in [2.75, 3.05) is 12.4 Å². The molecule has 7 heteroatoms. The van der Waals surface area contributed by atoms with E-state index >= 15 is 0 Å². The summed E-state index contributed by atoms with van der Waals surface area (Å²) < 4.78 is 21.5. The van der Waals surface area contributed by atoms with Crippen molar-refractivity contribution in [1.29, 1.82) is 0 Å². The van der Waals surface area contributed by atoms with Gasteiger partial charge in [-0.1, -0.05) is 29.8 Å². The third-order valence-electron chi connectivity index (χ3n) is 4.46. The van der Waals surface area contributed by atoms with Gasteiger partial charge >= 0.3 is 0 Å². The molecular formula is C18H16ClFN4O. The van der Waals surface area contributed by atoms with Gasteiger partial charge in [0.1, 0.15) is 17.9 Å². The van der Waals surface area contributed by atoms with Crippen molar-refractivity contribution < 1.29 is 9.13 Å². The molecule has 2 heterocycles. The van der Waals surface area contributed by atoms with Crippen molar-refractivity contribution >= 4 is 17.5 Å². The Labute approximate surface area is 149 Å². The van der Waals surface area contributed by atoms with E-state index in [2.05, 4.69) is 15.4 Å². The average Bonchev–Trinajstić information content (AvgIpc) is 3.10. The molecule has 2 atom stereocenters. The molecule has 1 aliphatic heterocycles. The quantitative estimate of drug-likeness (QED) is 0.761. The standard InChI is InChI=1S/C18H16ClFN4O/c1-25-12-5-2-4-11(8-12)15-9-16(24-18(23-15)21-10-22-24)17-13(19)6-3-7-14(17)20/h2-8,10,15-16H,9H2,1H3,(H,21,22,23). The lowest BCUT2D eigenvalue weighted by Gasteiger charge is -2.32. The van der Waals surface area contributed by atoms with E-state index in [1.54, 1.807) is 23.9 Å². The van der Waals surface area contributed by atoms with Gasteiger partial charge in [0.15, 0.2) is 0 Å². The topological polar surface area (TPSA) is 52.0 Å². The van der Waals surface area contributed by atoms with Crippen LogP contribution in [0.15, 0.2) is 48.8 Å². The first-order chi connectivity index (χ1) is 12.2. The molecule has 1 N–H and O–H groups in total. The Kier molecular flexibility index (Phi) is 4.05. The van der Waals surface area contributed by atoms with Crippen LogP contribution in [0.4, 0.5) is 10.3 Å². The number of nitrogens with one attached hydrogen (secondary N) is 1. The van der Waals surface area contributed by atoms with Crippen LogP contribution in [0.3, 0.4) is 0 Å². The number of nitrogens with zero attached hydrogens (tertiary/aromatic N) is 3. The third kappa shape index (κ3) is 2.82. The summed E-state index contributed by atoms with van der Waals surface area (Å²) in [6.07, 6.45) is 2.04. The second-order valence-corrected chi connectivity index (χ2v) is 6.30. The van der Waals surface area contributed by atoms with Crippen molar-refractivity contribution in [1.82, 2.24) is 14.8 Å². The minimum Gasteiger partial charge on any atom is -0.497 e. The fourth-order valence-corrected chi connectivity index (χ4v) is 3.56. The fourth-order valence-electron chi connectivity index (χ4n) is 3.27. The molecule has 0 aliphatic carbocycles. The van der Waals surface area contributed by atoms with Gasteiger partial charge in [-0.3, -0.25) is 0 Å². The highest BCUT2D eigenvalue weighted by molar-refractivity contribution is 6.31. The number of hydrogen-bond donors (Lipinski definition) is 1. The van der Waals surface area contributed by atoms with Crippen molar-refractivity contribution in [3.05, 3.63) is 70.8 Å². The van der Waals surface area contributed by atoms with Gasteiger partial charge in [0.05, 0.1) is 19.2 Å². The summed E-state index contributed by atoms with van der Waals surface area (Å²) >= 11 is 6.30. The second kappa shape index (κ2) is 6.37. The Bertz CT molecular complexity index is 893. The van der Waals surface area contributed by atoms with E-state index in [0.717, 1.165) is 11.3 Å². The molecule has 1 aliphatic rings. The third-order valence-corrected chi connectivity index (χ3v) is 4.79. The number of benzene rings is 2. The van der Waals surface area contributed by atoms with Gasteiger partial charge in [0.2, 0.25) is 5.95 Å². The minimum absolute atomic E-state index is 0.0625. The number of ether oxygens (including phenoxy) is 1. The van der Waals surface area contributed by atoms with E-state index in [4.69, 9.17) is 16.3 Å².